The van der Waals surface area contributed by atoms with E-state index in [0.717, 1.165) is 10.6 Å². The number of esters is 1. The number of ether oxygens (including phenoxy) is 2. The summed E-state index contributed by atoms with van der Waals surface area (Å²) >= 11 is 1.30. The Balaban J connectivity index is 2.22. The molecule has 0 unspecified atom stereocenters. The molecule has 0 bridgehead atoms. The summed E-state index contributed by atoms with van der Waals surface area (Å²) in [7, 11) is 3.04. The molecule has 7 nitrogen and oxygen atoms in total. The first-order valence-electron chi connectivity index (χ1n) is 6.45. The van der Waals surface area contributed by atoms with Crippen LogP contribution in [0.15, 0.2) is 29.2 Å². The number of rotatable bonds is 8. The van der Waals surface area contributed by atoms with Crippen molar-refractivity contribution in [2.45, 2.75) is 4.90 Å². The van der Waals surface area contributed by atoms with Crippen LogP contribution in [-0.2, 0) is 19.1 Å². The van der Waals surface area contributed by atoms with Gasteiger partial charge in [0.05, 0.1) is 19.4 Å². The van der Waals surface area contributed by atoms with Crippen LogP contribution in [0.3, 0.4) is 0 Å². The average Bonchev–Trinajstić information content (AvgIpc) is 2.56. The Bertz CT molecular complexity index is 518. The number of nitrogens with one attached hydrogen (secondary N) is 2. The molecule has 2 N–H and O–H groups in total. The Morgan fingerprint density at radius 2 is 1.82 bits per heavy atom. The molecule has 2 amide bonds. The van der Waals surface area contributed by atoms with E-state index in [-0.39, 0.29) is 18.2 Å². The highest BCUT2D eigenvalue weighted by Gasteiger charge is 2.09. The van der Waals surface area contributed by atoms with Crippen LogP contribution in [0.4, 0.5) is 0 Å². The van der Waals surface area contributed by atoms with Gasteiger partial charge in [0.1, 0.15) is 5.75 Å². The second-order valence-corrected chi connectivity index (χ2v) is 5.12. The van der Waals surface area contributed by atoms with Crippen molar-refractivity contribution in [3.8, 4) is 5.75 Å². The highest BCUT2D eigenvalue weighted by Crippen LogP contribution is 2.21. The molecule has 0 spiro atoms. The fourth-order valence-electron chi connectivity index (χ4n) is 1.32. The molecular formula is C14H18N2O5S. The zero-order valence-electron chi connectivity index (χ0n) is 12.4. The molecule has 0 fully saturated rings. The van der Waals surface area contributed by atoms with Crippen LogP contribution in [0, 0.1) is 0 Å². The summed E-state index contributed by atoms with van der Waals surface area (Å²) in [5.41, 5.74) is 0. The molecule has 22 heavy (non-hydrogen) atoms. The van der Waals surface area contributed by atoms with E-state index in [9.17, 15) is 14.4 Å². The predicted molar refractivity (Wildman–Crippen MR) is 81.8 cm³/mol. The van der Waals surface area contributed by atoms with Crippen molar-refractivity contribution in [1.82, 2.24) is 10.6 Å². The molecule has 120 valence electrons. The van der Waals surface area contributed by atoms with Crippen molar-refractivity contribution in [1.29, 1.82) is 0 Å². The number of amides is 2. The molecular weight excluding hydrogens is 308 g/mol. The number of benzene rings is 1. The van der Waals surface area contributed by atoms with Crippen LogP contribution in [0.5, 0.6) is 5.75 Å². The highest BCUT2D eigenvalue weighted by atomic mass is 32.2. The van der Waals surface area contributed by atoms with E-state index >= 15 is 0 Å². The predicted octanol–water partition coefficient (Wildman–Crippen LogP) is 0.193. The van der Waals surface area contributed by atoms with E-state index in [1.165, 1.54) is 18.8 Å². The second-order valence-electron chi connectivity index (χ2n) is 4.07. The SMILES string of the molecule is CNC(=O)CNC(=O)COC(=O)CSc1ccc(OC)cc1. The fraction of sp³-hybridized carbons (Fsp3) is 0.357. The minimum Gasteiger partial charge on any atom is -0.497 e. The lowest BCUT2D eigenvalue weighted by Gasteiger charge is -2.06. The van der Waals surface area contributed by atoms with Gasteiger partial charge in [-0.3, -0.25) is 14.4 Å². The van der Waals surface area contributed by atoms with Crippen molar-refractivity contribution in [3.05, 3.63) is 24.3 Å². The summed E-state index contributed by atoms with van der Waals surface area (Å²) in [4.78, 5) is 34.6. The normalized spacial score (nSPS) is 9.73. The quantitative estimate of drug-likeness (QED) is 0.523. The van der Waals surface area contributed by atoms with Gasteiger partial charge in [-0.2, -0.15) is 0 Å². The average molecular weight is 326 g/mol. The minimum absolute atomic E-state index is 0.0923. The molecule has 1 aromatic carbocycles. The Hall–Kier alpha value is -2.22. The lowest BCUT2D eigenvalue weighted by molar-refractivity contribution is -0.146. The van der Waals surface area contributed by atoms with E-state index in [0.29, 0.717) is 0 Å². The van der Waals surface area contributed by atoms with Gasteiger partial charge in [-0.05, 0) is 24.3 Å². The summed E-state index contributed by atoms with van der Waals surface area (Å²) in [5, 5.41) is 4.68. The third-order valence-corrected chi connectivity index (χ3v) is 3.49. The minimum atomic E-state index is -0.522. The third kappa shape index (κ3) is 6.98. The van der Waals surface area contributed by atoms with E-state index in [4.69, 9.17) is 9.47 Å². The first-order valence-corrected chi connectivity index (χ1v) is 7.43. The maximum absolute atomic E-state index is 11.5. The number of carbonyl (C=O) groups is 3. The molecule has 1 aromatic rings. The maximum Gasteiger partial charge on any atom is 0.316 e. The molecule has 0 atom stereocenters. The first-order chi connectivity index (χ1) is 10.5. The van der Waals surface area contributed by atoms with Crippen molar-refractivity contribution in [2.75, 3.05) is 33.1 Å². The van der Waals surface area contributed by atoms with Gasteiger partial charge in [0.25, 0.3) is 5.91 Å². The lowest BCUT2D eigenvalue weighted by atomic mass is 10.3. The topological polar surface area (TPSA) is 93.7 Å². The van der Waals surface area contributed by atoms with Crippen molar-refractivity contribution in [3.63, 3.8) is 0 Å². The van der Waals surface area contributed by atoms with Gasteiger partial charge in [0.15, 0.2) is 6.61 Å². The maximum atomic E-state index is 11.5. The van der Waals surface area contributed by atoms with Crippen molar-refractivity contribution >= 4 is 29.5 Å². The van der Waals surface area contributed by atoms with Crippen LogP contribution < -0.4 is 15.4 Å². The number of likely N-dealkylation sites (N-methyl/N-ethyl adjacent to an activating group) is 1. The summed E-state index contributed by atoms with van der Waals surface area (Å²) in [6.07, 6.45) is 0. The van der Waals surface area contributed by atoms with Gasteiger partial charge < -0.3 is 20.1 Å². The zero-order valence-corrected chi connectivity index (χ0v) is 13.2. The number of hydrogen-bond acceptors (Lipinski definition) is 6. The van der Waals surface area contributed by atoms with Crippen molar-refractivity contribution in [2.24, 2.45) is 0 Å². The summed E-state index contributed by atoms with van der Waals surface area (Å²) in [5.74, 6) is -0.522. The Morgan fingerprint density at radius 3 is 2.41 bits per heavy atom. The van der Waals surface area contributed by atoms with Gasteiger partial charge in [0, 0.05) is 11.9 Å². The molecule has 0 saturated heterocycles. The number of hydrogen-bond donors (Lipinski definition) is 2. The van der Waals surface area contributed by atoms with Gasteiger partial charge in [0.2, 0.25) is 5.91 Å². The van der Waals surface area contributed by atoms with Crippen LogP contribution >= 0.6 is 11.8 Å². The lowest BCUT2D eigenvalue weighted by Crippen LogP contribution is -2.37. The molecule has 0 aliphatic rings. The van der Waals surface area contributed by atoms with E-state index in [1.54, 1.807) is 19.2 Å². The van der Waals surface area contributed by atoms with E-state index in [2.05, 4.69) is 10.6 Å². The van der Waals surface area contributed by atoms with Crippen LogP contribution in [0.2, 0.25) is 0 Å². The summed E-state index contributed by atoms with van der Waals surface area (Å²) < 4.78 is 9.84. The summed E-state index contributed by atoms with van der Waals surface area (Å²) in [6.45, 7) is -0.549. The van der Waals surface area contributed by atoms with Gasteiger partial charge in [-0.25, -0.2) is 0 Å². The van der Waals surface area contributed by atoms with Gasteiger partial charge >= 0.3 is 5.97 Å². The fourth-order valence-corrected chi connectivity index (χ4v) is 2.02. The summed E-state index contributed by atoms with van der Waals surface area (Å²) in [6, 6.07) is 7.24. The number of methoxy groups -OCH3 is 1. The molecule has 0 saturated carbocycles. The van der Waals surface area contributed by atoms with Crippen LogP contribution in [0.1, 0.15) is 0 Å². The second kappa shape index (κ2) is 9.67. The standard InChI is InChI=1S/C14H18N2O5S/c1-15-12(17)7-16-13(18)8-21-14(19)9-22-11-5-3-10(20-2)4-6-11/h3-6H,7-9H2,1-2H3,(H,15,17)(H,16,18). The smallest absolute Gasteiger partial charge is 0.316 e. The molecule has 0 radical (unpaired) electrons. The zero-order chi connectivity index (χ0) is 16.4. The van der Waals surface area contributed by atoms with Crippen molar-refractivity contribution < 1.29 is 23.9 Å². The largest absolute Gasteiger partial charge is 0.497 e. The van der Waals surface area contributed by atoms with E-state index in [1.807, 2.05) is 12.1 Å². The molecule has 0 heterocycles. The van der Waals surface area contributed by atoms with E-state index < -0.39 is 18.5 Å². The third-order valence-electron chi connectivity index (χ3n) is 2.51. The van der Waals surface area contributed by atoms with Gasteiger partial charge in [-0.15, -0.1) is 11.8 Å². The Labute approximate surface area is 132 Å². The molecule has 0 aromatic heterocycles. The number of thioether (sulfide) groups is 1. The monoisotopic (exact) mass is 326 g/mol. The van der Waals surface area contributed by atoms with Crippen LogP contribution in [0.25, 0.3) is 0 Å². The first kappa shape index (κ1) is 17.8. The Morgan fingerprint density at radius 1 is 1.14 bits per heavy atom. The molecule has 1 rings (SSSR count). The molecule has 0 aliphatic heterocycles. The molecule has 0 aliphatic carbocycles. The molecule has 8 heteroatoms. The Kier molecular flexibility index (Phi) is 7.84. The number of carbonyl (C=O) groups excluding carboxylic acids is 3. The van der Waals surface area contributed by atoms with Gasteiger partial charge in [-0.1, -0.05) is 0 Å². The van der Waals surface area contributed by atoms with Crippen LogP contribution in [-0.4, -0.2) is 50.8 Å². The highest BCUT2D eigenvalue weighted by molar-refractivity contribution is 8.00.